The number of carbonyl (C=O) groups excluding carboxylic acids is 2. The number of amides is 2. The minimum absolute atomic E-state index is 0.170. The molecule has 0 unspecified atom stereocenters. The predicted octanol–water partition coefficient (Wildman–Crippen LogP) is 3.08. The van der Waals surface area contributed by atoms with Crippen LogP contribution in [0.5, 0.6) is 0 Å². The molecule has 0 heterocycles. The van der Waals surface area contributed by atoms with E-state index >= 15 is 0 Å². The topological polar surface area (TPSA) is 67.4 Å². The third-order valence-corrected chi connectivity index (χ3v) is 3.75. The third-order valence-electron chi connectivity index (χ3n) is 3.75. The lowest BCUT2D eigenvalue weighted by molar-refractivity contribution is -0.118. The predicted molar refractivity (Wildman–Crippen MR) is 107 cm³/mol. The van der Waals surface area contributed by atoms with Crippen molar-refractivity contribution in [2.45, 2.75) is 6.92 Å². The van der Waals surface area contributed by atoms with E-state index in [1.807, 2.05) is 55.5 Å². The molecule has 27 heavy (non-hydrogen) atoms. The number of hydrogen-bond acceptors (Lipinski definition) is 3. The summed E-state index contributed by atoms with van der Waals surface area (Å²) in [6.45, 7) is 2.70. The van der Waals surface area contributed by atoms with Crippen LogP contribution in [0.15, 0.2) is 72.4 Å². The van der Waals surface area contributed by atoms with Crippen LogP contribution in [0.25, 0.3) is 6.08 Å². The maximum Gasteiger partial charge on any atom is 0.267 e. The minimum Gasteiger partial charge on any atom is -0.383 e. The minimum atomic E-state index is -0.370. The molecule has 0 aliphatic rings. The van der Waals surface area contributed by atoms with E-state index in [0.717, 1.165) is 11.1 Å². The summed E-state index contributed by atoms with van der Waals surface area (Å²) in [4.78, 5) is 24.9. The Hall–Kier alpha value is -3.18. The monoisotopic (exact) mass is 364 g/mol. The summed E-state index contributed by atoms with van der Waals surface area (Å²) in [5, 5.41) is 5.40. The number of allylic oxidation sites excluding steroid dienone is 2. The van der Waals surface area contributed by atoms with Gasteiger partial charge in [0.15, 0.2) is 0 Å². The SMILES string of the molecule is COCCNC(=O)C(=CC=Cc1ccccc1)NC(=O)c1ccc(C)cc1. The van der Waals surface area contributed by atoms with Gasteiger partial charge < -0.3 is 15.4 Å². The second-order valence-electron chi connectivity index (χ2n) is 5.92. The van der Waals surface area contributed by atoms with Crippen LogP contribution in [-0.2, 0) is 9.53 Å². The Morgan fingerprint density at radius 3 is 2.41 bits per heavy atom. The Morgan fingerprint density at radius 2 is 1.74 bits per heavy atom. The molecule has 0 aliphatic carbocycles. The van der Waals surface area contributed by atoms with Gasteiger partial charge in [0.05, 0.1) is 6.61 Å². The molecule has 2 amide bonds. The summed E-state index contributed by atoms with van der Waals surface area (Å²) in [5.74, 6) is -0.707. The fourth-order valence-corrected chi connectivity index (χ4v) is 2.25. The van der Waals surface area contributed by atoms with Crippen LogP contribution in [0, 0.1) is 6.92 Å². The summed E-state index contributed by atoms with van der Waals surface area (Å²) in [7, 11) is 1.56. The first-order valence-corrected chi connectivity index (χ1v) is 8.68. The van der Waals surface area contributed by atoms with Crippen LogP contribution >= 0.6 is 0 Å². The van der Waals surface area contributed by atoms with Gasteiger partial charge in [-0.15, -0.1) is 0 Å². The van der Waals surface area contributed by atoms with E-state index in [-0.39, 0.29) is 17.5 Å². The Bertz CT molecular complexity index is 809. The molecule has 0 bridgehead atoms. The number of rotatable bonds is 8. The smallest absolute Gasteiger partial charge is 0.267 e. The lowest BCUT2D eigenvalue weighted by atomic mass is 10.1. The van der Waals surface area contributed by atoms with Crippen LogP contribution in [0.2, 0.25) is 0 Å². The van der Waals surface area contributed by atoms with E-state index in [0.29, 0.717) is 18.7 Å². The van der Waals surface area contributed by atoms with Crippen LogP contribution < -0.4 is 10.6 Å². The number of hydrogen-bond donors (Lipinski definition) is 2. The van der Waals surface area contributed by atoms with Gasteiger partial charge in [-0.3, -0.25) is 9.59 Å². The van der Waals surface area contributed by atoms with Gasteiger partial charge in [-0.1, -0.05) is 60.2 Å². The average molecular weight is 364 g/mol. The van der Waals surface area contributed by atoms with Crippen LogP contribution in [0.1, 0.15) is 21.5 Å². The van der Waals surface area contributed by atoms with Crippen molar-refractivity contribution < 1.29 is 14.3 Å². The molecule has 5 nitrogen and oxygen atoms in total. The van der Waals surface area contributed by atoms with Gasteiger partial charge in [0.25, 0.3) is 11.8 Å². The highest BCUT2D eigenvalue weighted by atomic mass is 16.5. The Labute approximate surface area is 159 Å². The first kappa shape index (κ1) is 20.1. The summed E-state index contributed by atoms with van der Waals surface area (Å²) in [6, 6.07) is 16.9. The molecule has 2 aromatic carbocycles. The van der Waals surface area contributed by atoms with Crippen LogP contribution in [0.4, 0.5) is 0 Å². The maximum absolute atomic E-state index is 12.5. The van der Waals surface area contributed by atoms with Gasteiger partial charge in [-0.2, -0.15) is 0 Å². The molecule has 0 saturated carbocycles. The van der Waals surface area contributed by atoms with Gasteiger partial charge in [-0.25, -0.2) is 0 Å². The molecule has 0 aliphatic heterocycles. The molecule has 2 aromatic rings. The van der Waals surface area contributed by atoms with Crippen molar-refractivity contribution in [3.8, 4) is 0 Å². The molecular formula is C22H24N2O3. The van der Waals surface area contributed by atoms with Crippen LogP contribution in [0.3, 0.4) is 0 Å². The molecular weight excluding hydrogens is 340 g/mol. The van der Waals surface area contributed by atoms with E-state index in [2.05, 4.69) is 10.6 Å². The summed E-state index contributed by atoms with van der Waals surface area (Å²) in [6.07, 6.45) is 5.18. The molecule has 0 fully saturated rings. The van der Waals surface area contributed by atoms with Crippen molar-refractivity contribution in [1.82, 2.24) is 10.6 Å². The van der Waals surface area contributed by atoms with Gasteiger partial charge in [0.2, 0.25) is 0 Å². The standard InChI is InChI=1S/C22H24N2O3/c1-17-11-13-19(14-12-17)21(25)24-20(22(26)23-15-16-27-2)10-6-9-18-7-4-3-5-8-18/h3-14H,15-16H2,1-2H3,(H,23,26)(H,24,25). The quantitative estimate of drug-likeness (QED) is 0.430. The Kier molecular flexibility index (Phi) is 8.00. The van der Waals surface area contributed by atoms with Crippen molar-refractivity contribution in [2.24, 2.45) is 0 Å². The number of aryl methyl sites for hydroxylation is 1. The summed E-state index contributed by atoms with van der Waals surface area (Å²) < 4.78 is 4.94. The zero-order valence-corrected chi connectivity index (χ0v) is 15.6. The fourth-order valence-electron chi connectivity index (χ4n) is 2.25. The first-order valence-electron chi connectivity index (χ1n) is 8.68. The van der Waals surface area contributed by atoms with Gasteiger partial charge in [-0.05, 0) is 30.7 Å². The zero-order chi connectivity index (χ0) is 19.5. The van der Waals surface area contributed by atoms with Crippen molar-refractivity contribution in [1.29, 1.82) is 0 Å². The molecule has 2 rings (SSSR count). The van der Waals surface area contributed by atoms with E-state index in [1.54, 1.807) is 31.4 Å². The lowest BCUT2D eigenvalue weighted by Crippen LogP contribution is -2.36. The largest absolute Gasteiger partial charge is 0.383 e. The van der Waals surface area contributed by atoms with E-state index in [9.17, 15) is 9.59 Å². The normalized spacial score (nSPS) is 11.4. The number of methoxy groups -OCH3 is 1. The second-order valence-corrected chi connectivity index (χ2v) is 5.92. The number of benzene rings is 2. The van der Waals surface area contributed by atoms with E-state index < -0.39 is 0 Å². The van der Waals surface area contributed by atoms with Crippen molar-refractivity contribution >= 4 is 17.9 Å². The molecule has 0 aromatic heterocycles. The first-order chi connectivity index (χ1) is 13.1. The van der Waals surface area contributed by atoms with Crippen molar-refractivity contribution in [2.75, 3.05) is 20.3 Å². The Balaban J connectivity index is 2.14. The number of carbonyl (C=O) groups is 2. The fraction of sp³-hybridized carbons (Fsp3) is 0.182. The zero-order valence-electron chi connectivity index (χ0n) is 15.6. The van der Waals surface area contributed by atoms with E-state index in [1.165, 1.54) is 0 Å². The second kappa shape index (κ2) is 10.7. The third kappa shape index (κ3) is 6.92. The number of ether oxygens (including phenoxy) is 1. The average Bonchev–Trinajstić information content (AvgIpc) is 2.68. The highest BCUT2D eigenvalue weighted by molar-refractivity contribution is 6.03. The molecule has 140 valence electrons. The summed E-state index contributed by atoms with van der Waals surface area (Å²) >= 11 is 0. The van der Waals surface area contributed by atoms with Crippen molar-refractivity contribution in [3.05, 3.63) is 89.1 Å². The molecule has 5 heteroatoms. The molecule has 0 spiro atoms. The van der Waals surface area contributed by atoms with Gasteiger partial charge in [0.1, 0.15) is 5.70 Å². The van der Waals surface area contributed by atoms with Gasteiger partial charge in [0, 0.05) is 19.2 Å². The lowest BCUT2D eigenvalue weighted by Gasteiger charge is -2.10. The Morgan fingerprint density at radius 1 is 1.04 bits per heavy atom. The highest BCUT2D eigenvalue weighted by Gasteiger charge is 2.13. The van der Waals surface area contributed by atoms with Crippen molar-refractivity contribution in [3.63, 3.8) is 0 Å². The van der Waals surface area contributed by atoms with Crippen LogP contribution in [-0.4, -0.2) is 32.1 Å². The molecule has 0 atom stereocenters. The van der Waals surface area contributed by atoms with E-state index in [4.69, 9.17) is 4.74 Å². The molecule has 0 radical (unpaired) electrons. The highest BCUT2D eigenvalue weighted by Crippen LogP contribution is 2.05. The number of nitrogens with one attached hydrogen (secondary N) is 2. The molecule has 2 N–H and O–H groups in total. The van der Waals surface area contributed by atoms with Gasteiger partial charge >= 0.3 is 0 Å². The molecule has 0 saturated heterocycles. The maximum atomic E-state index is 12.5. The summed E-state index contributed by atoms with van der Waals surface area (Å²) in [5.41, 5.74) is 2.72.